The van der Waals surface area contributed by atoms with E-state index in [2.05, 4.69) is 40.1 Å². The van der Waals surface area contributed by atoms with E-state index in [9.17, 15) is 0 Å². The van der Waals surface area contributed by atoms with Gasteiger partial charge in [0.05, 0.1) is 13.2 Å². The Morgan fingerprint density at radius 3 is 2.17 bits per heavy atom. The molecule has 0 aromatic heterocycles. The minimum Gasteiger partial charge on any atom is -0.379 e. The number of rotatable bonds is 7. The van der Waals surface area contributed by atoms with Crippen molar-refractivity contribution in [3.8, 4) is 0 Å². The lowest BCUT2D eigenvalue weighted by atomic mass is 9.92. The number of morpholine rings is 1. The molecule has 0 bridgehead atoms. The van der Waals surface area contributed by atoms with Gasteiger partial charge in [0.25, 0.3) is 0 Å². The molecule has 0 aliphatic carbocycles. The van der Waals surface area contributed by atoms with Crippen molar-refractivity contribution < 1.29 is 4.74 Å². The van der Waals surface area contributed by atoms with Gasteiger partial charge in [0.15, 0.2) is 0 Å². The highest BCUT2D eigenvalue weighted by Crippen LogP contribution is 2.21. The monoisotopic (exact) mass is 336 g/mol. The number of ether oxygens (including phenoxy) is 1. The van der Waals surface area contributed by atoms with Crippen molar-refractivity contribution in [2.75, 3.05) is 78.7 Å². The molecule has 24 heavy (non-hydrogen) atoms. The maximum atomic E-state index is 5.41. The second-order valence-electron chi connectivity index (χ2n) is 8.09. The van der Waals surface area contributed by atoms with Gasteiger partial charge >= 0.3 is 0 Å². The van der Waals surface area contributed by atoms with E-state index in [-0.39, 0.29) is 0 Å². The maximum absolute atomic E-state index is 5.41. The molecule has 0 aromatic carbocycles. The van der Waals surface area contributed by atoms with E-state index in [1.54, 1.807) is 0 Å². The van der Waals surface area contributed by atoms with Gasteiger partial charge < -0.3 is 9.64 Å². The van der Waals surface area contributed by atoms with Gasteiger partial charge in [0.2, 0.25) is 0 Å². The van der Waals surface area contributed by atoms with Gasteiger partial charge in [0.1, 0.15) is 6.67 Å². The van der Waals surface area contributed by atoms with Crippen molar-refractivity contribution in [3.63, 3.8) is 0 Å². The van der Waals surface area contributed by atoms with Gasteiger partial charge in [0, 0.05) is 58.9 Å². The third-order valence-corrected chi connectivity index (χ3v) is 5.56. The fourth-order valence-corrected chi connectivity index (χ4v) is 4.41. The highest BCUT2D eigenvalue weighted by atomic mass is 16.5. The topological polar surface area (TPSA) is 22.2 Å². The van der Waals surface area contributed by atoms with Crippen LogP contribution < -0.4 is 0 Å². The number of hydrogen-bond acceptors (Lipinski definition) is 5. The van der Waals surface area contributed by atoms with Crippen LogP contribution in [0.5, 0.6) is 0 Å². The zero-order chi connectivity index (χ0) is 16.8. The largest absolute Gasteiger partial charge is 0.379 e. The van der Waals surface area contributed by atoms with Crippen LogP contribution in [-0.4, -0.2) is 98.3 Å². The molecule has 5 nitrogen and oxygen atoms in total. The summed E-state index contributed by atoms with van der Waals surface area (Å²) in [5, 5.41) is 0. The van der Waals surface area contributed by atoms with Crippen molar-refractivity contribution in [3.05, 3.63) is 6.67 Å². The summed E-state index contributed by atoms with van der Waals surface area (Å²) in [4.78, 5) is 9.95. The Bertz CT molecular complexity index is 351. The van der Waals surface area contributed by atoms with E-state index in [0.717, 1.165) is 70.9 Å². The van der Waals surface area contributed by atoms with E-state index in [1.165, 1.54) is 32.5 Å². The van der Waals surface area contributed by atoms with Crippen molar-refractivity contribution >= 4 is 0 Å². The van der Waals surface area contributed by atoms with Crippen LogP contribution in [0, 0.1) is 18.5 Å². The summed E-state index contributed by atoms with van der Waals surface area (Å²) >= 11 is 0. The summed E-state index contributed by atoms with van der Waals surface area (Å²) in [6.45, 7) is 21.9. The Labute approximate surface area is 148 Å². The second kappa shape index (κ2) is 9.48. The zero-order valence-electron chi connectivity index (χ0n) is 15.8. The molecule has 3 saturated heterocycles. The summed E-state index contributed by atoms with van der Waals surface area (Å²) in [5.41, 5.74) is 0. The Morgan fingerprint density at radius 2 is 1.46 bits per heavy atom. The van der Waals surface area contributed by atoms with Crippen molar-refractivity contribution in [2.24, 2.45) is 11.8 Å². The quantitative estimate of drug-likeness (QED) is 0.697. The Balaban J connectivity index is 1.26. The predicted octanol–water partition coefficient (Wildman–Crippen LogP) is 1.30. The molecule has 3 fully saturated rings. The van der Waals surface area contributed by atoms with Gasteiger partial charge in [-0.25, -0.2) is 0 Å². The highest BCUT2D eigenvalue weighted by Gasteiger charge is 2.24. The zero-order valence-corrected chi connectivity index (χ0v) is 15.8. The summed E-state index contributed by atoms with van der Waals surface area (Å²) in [5.74, 6) is 1.74. The summed E-state index contributed by atoms with van der Waals surface area (Å²) < 4.78 is 5.41. The molecule has 138 valence electrons. The Morgan fingerprint density at radius 1 is 0.792 bits per heavy atom. The third kappa shape index (κ3) is 5.95. The molecular weight excluding hydrogens is 300 g/mol. The Hall–Kier alpha value is -0.200. The molecular formula is C19H36N4O. The number of piperidine rings is 1. The number of hydrogen-bond donors (Lipinski definition) is 0. The first-order chi connectivity index (χ1) is 11.7. The van der Waals surface area contributed by atoms with Crippen molar-refractivity contribution in [1.82, 2.24) is 19.6 Å². The minimum atomic E-state index is 0.870. The van der Waals surface area contributed by atoms with E-state index >= 15 is 0 Å². The fraction of sp³-hybridized carbons (Fsp3) is 0.947. The molecule has 0 N–H and O–H groups in total. The van der Waals surface area contributed by atoms with Crippen LogP contribution in [0.25, 0.3) is 0 Å². The molecule has 0 amide bonds. The van der Waals surface area contributed by atoms with Crippen LogP contribution in [0.1, 0.15) is 26.7 Å². The van der Waals surface area contributed by atoms with Gasteiger partial charge in [-0.3, -0.25) is 14.7 Å². The van der Waals surface area contributed by atoms with E-state index in [4.69, 9.17) is 4.74 Å². The first kappa shape index (κ1) is 18.6. The van der Waals surface area contributed by atoms with Gasteiger partial charge in [-0.1, -0.05) is 13.8 Å². The molecule has 2 atom stereocenters. The smallest absolute Gasteiger partial charge is 0.146 e. The summed E-state index contributed by atoms with van der Waals surface area (Å²) in [6, 6.07) is 0. The lowest BCUT2D eigenvalue weighted by molar-refractivity contribution is 0.0349. The minimum absolute atomic E-state index is 0.870. The molecule has 2 unspecified atom stereocenters. The van der Waals surface area contributed by atoms with E-state index in [1.807, 2.05) is 0 Å². The van der Waals surface area contributed by atoms with Crippen molar-refractivity contribution in [2.45, 2.75) is 26.7 Å². The first-order valence-electron chi connectivity index (χ1n) is 9.97. The molecule has 0 saturated carbocycles. The van der Waals surface area contributed by atoms with E-state index in [0.29, 0.717) is 0 Å². The highest BCUT2D eigenvalue weighted by molar-refractivity contribution is 4.82. The second-order valence-corrected chi connectivity index (χ2v) is 8.09. The maximum Gasteiger partial charge on any atom is 0.146 e. The van der Waals surface area contributed by atoms with Gasteiger partial charge in [-0.05, 0) is 31.2 Å². The fourth-order valence-electron chi connectivity index (χ4n) is 4.41. The third-order valence-electron chi connectivity index (χ3n) is 5.56. The van der Waals surface area contributed by atoms with Crippen LogP contribution in [0.15, 0.2) is 0 Å². The lowest BCUT2D eigenvalue weighted by Gasteiger charge is -2.35. The van der Waals surface area contributed by atoms with Gasteiger partial charge in [-0.2, -0.15) is 0 Å². The lowest BCUT2D eigenvalue weighted by Crippen LogP contribution is -2.40. The van der Waals surface area contributed by atoms with Crippen LogP contribution >= 0.6 is 0 Å². The van der Waals surface area contributed by atoms with Crippen LogP contribution in [0.4, 0.5) is 0 Å². The normalized spacial score (nSPS) is 31.8. The molecule has 3 heterocycles. The SMILES string of the molecule is CC1CC(C)CN(CCCN2[C]N(CCN3CCOCC3)CC2)C1. The molecule has 5 heteroatoms. The summed E-state index contributed by atoms with van der Waals surface area (Å²) in [6.07, 6.45) is 2.67. The molecule has 3 aliphatic rings. The molecule has 3 rings (SSSR count). The number of likely N-dealkylation sites (tertiary alicyclic amines) is 1. The average molecular weight is 337 g/mol. The average Bonchev–Trinajstić information content (AvgIpc) is 3.01. The Kier molecular flexibility index (Phi) is 7.35. The number of nitrogens with zero attached hydrogens (tertiary/aromatic N) is 4. The molecule has 3 aliphatic heterocycles. The van der Waals surface area contributed by atoms with Crippen LogP contribution in [0.3, 0.4) is 0 Å². The standard InChI is InChI=1S/C19H36N4O/c1-18-14-19(2)16-23(15-18)5-3-4-21-8-9-22(17-21)7-6-20-10-12-24-13-11-20/h18-19H,3-16H2,1-2H3. The van der Waals surface area contributed by atoms with Gasteiger partial charge in [-0.15, -0.1) is 0 Å². The van der Waals surface area contributed by atoms with Crippen molar-refractivity contribution in [1.29, 1.82) is 0 Å². The molecule has 0 aromatic rings. The van der Waals surface area contributed by atoms with Crippen LogP contribution in [-0.2, 0) is 4.74 Å². The van der Waals surface area contributed by atoms with E-state index < -0.39 is 0 Å². The predicted molar refractivity (Wildman–Crippen MR) is 97.7 cm³/mol. The molecule has 2 radical (unpaired) electrons. The first-order valence-corrected chi connectivity index (χ1v) is 9.97. The summed E-state index contributed by atoms with van der Waals surface area (Å²) in [7, 11) is 0. The molecule has 0 spiro atoms. The van der Waals surface area contributed by atoms with Crippen LogP contribution in [0.2, 0.25) is 0 Å².